The van der Waals surface area contributed by atoms with Crippen LogP contribution in [0.2, 0.25) is 0 Å². The van der Waals surface area contributed by atoms with Crippen LogP contribution in [-0.4, -0.2) is 41.3 Å². The maximum Gasteiger partial charge on any atom is 0.137 e. The summed E-state index contributed by atoms with van der Waals surface area (Å²) in [6.07, 6.45) is 2.32. The van der Waals surface area contributed by atoms with Crippen molar-refractivity contribution in [2.75, 3.05) is 30.4 Å². The molecule has 0 aromatic carbocycles. The lowest BCUT2D eigenvalue weighted by Crippen LogP contribution is -2.33. The average molecular weight is 238 g/mol. The van der Waals surface area contributed by atoms with E-state index in [2.05, 4.69) is 34.0 Å². The van der Waals surface area contributed by atoms with Gasteiger partial charge in [-0.15, -0.1) is 0 Å². The van der Waals surface area contributed by atoms with Crippen LogP contribution < -0.4 is 10.2 Å². The Labute approximate surface area is 103 Å². The molecule has 1 rings (SSSR count). The summed E-state index contributed by atoms with van der Waals surface area (Å²) < 4.78 is 0. The van der Waals surface area contributed by atoms with Crippen LogP contribution in [0.3, 0.4) is 0 Å². The standard InChI is InChI=1S/C12H22N4O/c1-9(2)16(6-5-7-17)12-10(3)11(13-4)14-8-15-12/h8-9,17H,5-7H2,1-4H3,(H,13,14,15). The Morgan fingerprint density at radius 3 is 2.65 bits per heavy atom. The number of aromatic nitrogens is 2. The van der Waals surface area contributed by atoms with Crippen molar-refractivity contribution in [1.82, 2.24) is 9.97 Å². The van der Waals surface area contributed by atoms with Crippen LogP contribution in [0.25, 0.3) is 0 Å². The van der Waals surface area contributed by atoms with Crippen LogP contribution >= 0.6 is 0 Å². The summed E-state index contributed by atoms with van der Waals surface area (Å²) >= 11 is 0. The molecule has 0 bridgehead atoms. The van der Waals surface area contributed by atoms with Gasteiger partial charge in [-0.1, -0.05) is 0 Å². The van der Waals surface area contributed by atoms with Crippen LogP contribution in [-0.2, 0) is 0 Å². The fourth-order valence-electron chi connectivity index (χ4n) is 1.83. The summed E-state index contributed by atoms with van der Waals surface area (Å²) in [6, 6.07) is 0.347. The molecule has 0 fully saturated rings. The molecule has 5 heteroatoms. The highest BCUT2D eigenvalue weighted by molar-refractivity contribution is 5.57. The third-order valence-corrected chi connectivity index (χ3v) is 2.75. The molecule has 0 spiro atoms. The minimum atomic E-state index is 0.201. The monoisotopic (exact) mass is 238 g/mol. The van der Waals surface area contributed by atoms with Gasteiger partial charge in [0.15, 0.2) is 0 Å². The molecule has 0 amide bonds. The lowest BCUT2D eigenvalue weighted by atomic mass is 10.2. The molecular formula is C12H22N4O. The van der Waals surface area contributed by atoms with E-state index in [4.69, 9.17) is 5.11 Å². The van der Waals surface area contributed by atoms with E-state index in [1.54, 1.807) is 6.33 Å². The second-order valence-electron chi connectivity index (χ2n) is 4.29. The first kappa shape index (κ1) is 13.7. The number of hydrogen-bond acceptors (Lipinski definition) is 5. The Balaban J connectivity index is 3.01. The molecule has 1 heterocycles. The fraction of sp³-hybridized carbons (Fsp3) is 0.667. The van der Waals surface area contributed by atoms with Gasteiger partial charge in [0.2, 0.25) is 0 Å². The van der Waals surface area contributed by atoms with E-state index >= 15 is 0 Å². The van der Waals surface area contributed by atoms with Gasteiger partial charge in [0, 0.05) is 31.8 Å². The van der Waals surface area contributed by atoms with Gasteiger partial charge < -0.3 is 15.3 Å². The molecule has 5 nitrogen and oxygen atoms in total. The quantitative estimate of drug-likeness (QED) is 0.785. The summed E-state index contributed by atoms with van der Waals surface area (Å²) in [7, 11) is 1.85. The van der Waals surface area contributed by atoms with Gasteiger partial charge in [0.25, 0.3) is 0 Å². The topological polar surface area (TPSA) is 61.3 Å². The summed E-state index contributed by atoms with van der Waals surface area (Å²) in [6.45, 7) is 7.26. The number of nitrogens with zero attached hydrogens (tertiary/aromatic N) is 3. The molecule has 0 saturated carbocycles. The number of rotatable bonds is 6. The van der Waals surface area contributed by atoms with Crippen molar-refractivity contribution in [1.29, 1.82) is 0 Å². The number of aliphatic hydroxyl groups excluding tert-OH is 1. The summed E-state index contributed by atoms with van der Waals surface area (Å²) in [4.78, 5) is 10.7. The molecule has 2 N–H and O–H groups in total. The molecule has 1 aromatic rings. The number of hydrogen-bond donors (Lipinski definition) is 2. The molecule has 0 aliphatic heterocycles. The van der Waals surface area contributed by atoms with Gasteiger partial charge in [0.1, 0.15) is 18.0 Å². The van der Waals surface area contributed by atoms with Crippen molar-refractivity contribution in [2.24, 2.45) is 0 Å². The molecule has 0 aliphatic carbocycles. The van der Waals surface area contributed by atoms with Gasteiger partial charge in [-0.3, -0.25) is 0 Å². The van der Waals surface area contributed by atoms with Gasteiger partial charge in [-0.2, -0.15) is 0 Å². The molecule has 0 aliphatic rings. The zero-order valence-corrected chi connectivity index (χ0v) is 11.1. The van der Waals surface area contributed by atoms with Crippen molar-refractivity contribution in [2.45, 2.75) is 33.2 Å². The number of anilines is 2. The second-order valence-corrected chi connectivity index (χ2v) is 4.29. The Morgan fingerprint density at radius 2 is 2.12 bits per heavy atom. The maximum absolute atomic E-state index is 8.94. The van der Waals surface area contributed by atoms with E-state index in [0.717, 1.165) is 30.2 Å². The van der Waals surface area contributed by atoms with Crippen molar-refractivity contribution in [3.05, 3.63) is 11.9 Å². The van der Waals surface area contributed by atoms with Gasteiger partial charge in [-0.05, 0) is 27.2 Å². The van der Waals surface area contributed by atoms with Crippen LogP contribution in [0.5, 0.6) is 0 Å². The first-order valence-electron chi connectivity index (χ1n) is 5.98. The van der Waals surface area contributed by atoms with E-state index in [9.17, 15) is 0 Å². The highest BCUT2D eigenvalue weighted by Crippen LogP contribution is 2.23. The van der Waals surface area contributed by atoms with E-state index in [-0.39, 0.29) is 6.61 Å². The predicted molar refractivity (Wildman–Crippen MR) is 70.5 cm³/mol. The molecule has 0 unspecified atom stereocenters. The van der Waals surface area contributed by atoms with Crippen molar-refractivity contribution < 1.29 is 5.11 Å². The Bertz CT molecular complexity index is 354. The smallest absolute Gasteiger partial charge is 0.137 e. The molecule has 1 aromatic heterocycles. The van der Waals surface area contributed by atoms with Crippen LogP contribution in [0, 0.1) is 6.92 Å². The largest absolute Gasteiger partial charge is 0.396 e. The minimum absolute atomic E-state index is 0.201. The highest BCUT2D eigenvalue weighted by Gasteiger charge is 2.15. The third-order valence-electron chi connectivity index (χ3n) is 2.75. The molecule has 0 atom stereocenters. The van der Waals surface area contributed by atoms with E-state index in [1.807, 2.05) is 14.0 Å². The zero-order chi connectivity index (χ0) is 12.8. The normalized spacial score (nSPS) is 10.7. The molecule has 96 valence electrons. The van der Waals surface area contributed by atoms with Crippen LogP contribution in [0.15, 0.2) is 6.33 Å². The lowest BCUT2D eigenvalue weighted by molar-refractivity contribution is 0.288. The first-order chi connectivity index (χ1) is 8.11. The zero-order valence-electron chi connectivity index (χ0n) is 11.1. The van der Waals surface area contributed by atoms with Crippen molar-refractivity contribution >= 4 is 11.6 Å². The molecule has 17 heavy (non-hydrogen) atoms. The maximum atomic E-state index is 8.94. The number of aliphatic hydroxyl groups is 1. The average Bonchev–Trinajstić information content (AvgIpc) is 2.31. The SMILES string of the molecule is CNc1ncnc(N(CCCO)C(C)C)c1C. The summed E-state index contributed by atoms with van der Waals surface area (Å²) in [5, 5.41) is 12.0. The summed E-state index contributed by atoms with van der Waals surface area (Å²) in [5.74, 6) is 1.79. The van der Waals surface area contributed by atoms with Crippen molar-refractivity contribution in [3.8, 4) is 0 Å². The Kier molecular flexibility index (Phi) is 5.15. The predicted octanol–water partition coefficient (Wildman–Crippen LogP) is 1.42. The van der Waals surface area contributed by atoms with Gasteiger partial charge in [-0.25, -0.2) is 9.97 Å². The Morgan fingerprint density at radius 1 is 1.41 bits per heavy atom. The van der Waals surface area contributed by atoms with E-state index in [1.165, 1.54) is 0 Å². The van der Waals surface area contributed by atoms with E-state index in [0.29, 0.717) is 6.04 Å². The molecular weight excluding hydrogens is 216 g/mol. The Hall–Kier alpha value is -1.36. The van der Waals surface area contributed by atoms with Crippen LogP contribution in [0.1, 0.15) is 25.8 Å². The highest BCUT2D eigenvalue weighted by atomic mass is 16.3. The van der Waals surface area contributed by atoms with Gasteiger partial charge >= 0.3 is 0 Å². The summed E-state index contributed by atoms with van der Waals surface area (Å²) in [5.41, 5.74) is 1.04. The second kappa shape index (κ2) is 6.39. The lowest BCUT2D eigenvalue weighted by Gasteiger charge is -2.29. The van der Waals surface area contributed by atoms with E-state index < -0.39 is 0 Å². The first-order valence-corrected chi connectivity index (χ1v) is 5.98. The minimum Gasteiger partial charge on any atom is -0.396 e. The number of nitrogens with one attached hydrogen (secondary N) is 1. The van der Waals surface area contributed by atoms with Crippen molar-refractivity contribution in [3.63, 3.8) is 0 Å². The third kappa shape index (κ3) is 3.30. The molecule has 0 saturated heterocycles. The fourth-order valence-corrected chi connectivity index (χ4v) is 1.83. The van der Waals surface area contributed by atoms with Gasteiger partial charge in [0.05, 0.1) is 0 Å². The molecule has 0 radical (unpaired) electrons. The van der Waals surface area contributed by atoms with Crippen LogP contribution in [0.4, 0.5) is 11.6 Å².